The molecule has 0 aromatic heterocycles. The molecule has 0 atom stereocenters. The molecule has 7 nitrogen and oxygen atoms in total. The smallest absolute Gasteiger partial charge is 0.363 e. The van der Waals surface area contributed by atoms with E-state index in [-0.39, 0.29) is 23.6 Å². The highest BCUT2D eigenvalue weighted by atomic mass is 16.6. The summed E-state index contributed by atoms with van der Waals surface area (Å²) in [5.74, 6) is 0.710. The molecule has 1 heterocycles. The van der Waals surface area contributed by atoms with Crippen LogP contribution in [0, 0.1) is 0 Å². The van der Waals surface area contributed by atoms with Crippen LogP contribution >= 0.6 is 0 Å². The summed E-state index contributed by atoms with van der Waals surface area (Å²) in [6.07, 6.45) is 1.64. The van der Waals surface area contributed by atoms with Gasteiger partial charge in [0.05, 0.1) is 13.2 Å². The zero-order chi connectivity index (χ0) is 21.0. The predicted molar refractivity (Wildman–Crippen MR) is 110 cm³/mol. The van der Waals surface area contributed by atoms with E-state index in [1.54, 1.807) is 49.6 Å². The molecule has 0 saturated carbocycles. The molecule has 0 bridgehead atoms. The Morgan fingerprint density at radius 1 is 1.14 bits per heavy atom. The Bertz CT molecular complexity index is 991. The van der Waals surface area contributed by atoms with Crippen molar-refractivity contribution in [3.05, 3.63) is 59.3 Å². The second kappa shape index (κ2) is 8.60. The van der Waals surface area contributed by atoms with Crippen molar-refractivity contribution in [2.45, 2.75) is 26.9 Å². The summed E-state index contributed by atoms with van der Waals surface area (Å²) in [4.78, 5) is 27.6. The van der Waals surface area contributed by atoms with E-state index >= 15 is 0 Å². The number of nitrogens with zero attached hydrogens (tertiary/aromatic N) is 1. The molecule has 2 aromatic rings. The predicted octanol–water partition coefficient (Wildman–Crippen LogP) is 3.79. The van der Waals surface area contributed by atoms with Crippen LogP contribution in [0.15, 0.2) is 53.2 Å². The van der Waals surface area contributed by atoms with E-state index in [2.05, 4.69) is 10.3 Å². The molecule has 0 aliphatic carbocycles. The number of hydrogen-bond donors (Lipinski definition) is 1. The fourth-order valence-corrected chi connectivity index (χ4v) is 2.72. The van der Waals surface area contributed by atoms with Crippen molar-refractivity contribution in [1.82, 2.24) is 0 Å². The van der Waals surface area contributed by atoms with Crippen LogP contribution in [0.4, 0.5) is 5.69 Å². The molecule has 7 heteroatoms. The van der Waals surface area contributed by atoms with Gasteiger partial charge in [0.15, 0.2) is 17.2 Å². The quantitative estimate of drug-likeness (QED) is 0.595. The van der Waals surface area contributed by atoms with E-state index in [1.165, 1.54) is 6.92 Å². The summed E-state index contributed by atoms with van der Waals surface area (Å²) in [6, 6.07) is 12.3. The van der Waals surface area contributed by atoms with Gasteiger partial charge < -0.3 is 19.5 Å². The van der Waals surface area contributed by atoms with Crippen molar-refractivity contribution < 1.29 is 23.8 Å². The minimum absolute atomic E-state index is 0.0158. The molecule has 0 fully saturated rings. The molecular weight excluding hydrogens is 372 g/mol. The number of esters is 1. The first-order valence-corrected chi connectivity index (χ1v) is 9.11. The zero-order valence-electron chi connectivity index (χ0n) is 16.7. The number of carbonyl (C=O) groups is 2. The van der Waals surface area contributed by atoms with Gasteiger partial charge in [0.1, 0.15) is 0 Å². The molecular formula is C22H22N2O5. The Morgan fingerprint density at radius 2 is 1.86 bits per heavy atom. The van der Waals surface area contributed by atoms with Crippen LogP contribution in [-0.4, -0.2) is 31.0 Å². The third-order valence-corrected chi connectivity index (χ3v) is 3.93. The van der Waals surface area contributed by atoms with E-state index in [1.807, 2.05) is 19.9 Å². The molecule has 0 saturated heterocycles. The lowest BCUT2D eigenvalue weighted by Gasteiger charge is -2.13. The number of nitrogens with one attached hydrogen (secondary N) is 1. The Morgan fingerprint density at radius 3 is 2.48 bits per heavy atom. The van der Waals surface area contributed by atoms with Gasteiger partial charge in [-0.05, 0) is 61.9 Å². The molecule has 0 unspecified atom stereocenters. The van der Waals surface area contributed by atoms with Crippen LogP contribution in [0.2, 0.25) is 0 Å². The summed E-state index contributed by atoms with van der Waals surface area (Å²) in [5, 5.41) is 2.68. The van der Waals surface area contributed by atoms with Crippen molar-refractivity contribution in [2.24, 2.45) is 4.99 Å². The molecule has 3 rings (SSSR count). The fraction of sp³-hybridized carbons (Fsp3) is 0.227. The number of rotatable bonds is 6. The highest BCUT2D eigenvalue weighted by molar-refractivity contribution is 6.13. The van der Waals surface area contributed by atoms with Crippen LogP contribution in [-0.2, 0) is 14.3 Å². The lowest BCUT2D eigenvalue weighted by atomic mass is 10.1. The van der Waals surface area contributed by atoms with Crippen LogP contribution < -0.4 is 14.8 Å². The van der Waals surface area contributed by atoms with Gasteiger partial charge in [0.25, 0.3) is 0 Å². The third kappa shape index (κ3) is 5.01. The second-order valence-electron chi connectivity index (χ2n) is 6.67. The van der Waals surface area contributed by atoms with Crippen molar-refractivity contribution in [3.63, 3.8) is 0 Å². The van der Waals surface area contributed by atoms with Crippen molar-refractivity contribution in [2.75, 3.05) is 12.4 Å². The van der Waals surface area contributed by atoms with E-state index in [0.29, 0.717) is 22.7 Å². The standard InChI is InChI=1S/C22H22N2O5/c1-13(2)28-19-10-5-15(12-20(19)27-4)11-18-22(26)29-21(24-18)16-6-8-17(9-7-16)23-14(3)25/h5-13H,1-4H3,(H,23,25)/b18-11-. The molecule has 2 aromatic carbocycles. The average molecular weight is 394 g/mol. The highest BCUT2D eigenvalue weighted by Crippen LogP contribution is 2.30. The zero-order valence-corrected chi connectivity index (χ0v) is 16.7. The molecule has 1 aliphatic heterocycles. The number of methoxy groups -OCH3 is 1. The van der Waals surface area contributed by atoms with Gasteiger partial charge in [-0.15, -0.1) is 0 Å². The van der Waals surface area contributed by atoms with Gasteiger partial charge in [0, 0.05) is 18.2 Å². The topological polar surface area (TPSA) is 86.2 Å². The summed E-state index contributed by atoms with van der Waals surface area (Å²) < 4.78 is 16.4. The lowest BCUT2D eigenvalue weighted by Crippen LogP contribution is -2.07. The Kier molecular flexibility index (Phi) is 5.97. The molecule has 1 amide bonds. The average Bonchev–Trinajstić information content (AvgIpc) is 3.03. The molecule has 1 aliphatic rings. The Hall–Kier alpha value is -3.61. The summed E-state index contributed by atoms with van der Waals surface area (Å²) in [5.41, 5.74) is 2.20. The molecule has 0 radical (unpaired) electrons. The first kappa shape index (κ1) is 20.1. The molecule has 0 spiro atoms. The summed E-state index contributed by atoms with van der Waals surface area (Å²) in [7, 11) is 1.56. The number of anilines is 1. The molecule has 150 valence electrons. The van der Waals surface area contributed by atoms with Gasteiger partial charge in [-0.3, -0.25) is 4.79 Å². The van der Waals surface area contributed by atoms with E-state index in [0.717, 1.165) is 5.56 Å². The SMILES string of the molecule is COc1cc(/C=C2\N=C(c3ccc(NC(C)=O)cc3)OC2=O)ccc1OC(C)C. The Balaban J connectivity index is 1.84. The van der Waals surface area contributed by atoms with Gasteiger partial charge in [-0.1, -0.05) is 6.07 Å². The van der Waals surface area contributed by atoms with Crippen molar-refractivity contribution in [3.8, 4) is 11.5 Å². The first-order valence-electron chi connectivity index (χ1n) is 9.11. The van der Waals surface area contributed by atoms with Crippen LogP contribution in [0.3, 0.4) is 0 Å². The van der Waals surface area contributed by atoms with Gasteiger partial charge in [0.2, 0.25) is 11.8 Å². The third-order valence-electron chi connectivity index (χ3n) is 3.93. The van der Waals surface area contributed by atoms with Crippen molar-refractivity contribution in [1.29, 1.82) is 0 Å². The van der Waals surface area contributed by atoms with E-state index in [4.69, 9.17) is 14.2 Å². The van der Waals surface area contributed by atoms with Crippen LogP contribution in [0.1, 0.15) is 31.9 Å². The van der Waals surface area contributed by atoms with Gasteiger partial charge in [-0.2, -0.15) is 0 Å². The number of hydrogen-bond acceptors (Lipinski definition) is 6. The maximum absolute atomic E-state index is 12.2. The molecule has 1 N–H and O–H groups in total. The highest BCUT2D eigenvalue weighted by Gasteiger charge is 2.24. The normalized spacial score (nSPS) is 14.6. The first-order chi connectivity index (χ1) is 13.9. The van der Waals surface area contributed by atoms with E-state index in [9.17, 15) is 9.59 Å². The summed E-state index contributed by atoms with van der Waals surface area (Å²) >= 11 is 0. The second-order valence-corrected chi connectivity index (χ2v) is 6.67. The number of benzene rings is 2. The minimum Gasteiger partial charge on any atom is -0.493 e. The monoisotopic (exact) mass is 394 g/mol. The fourth-order valence-electron chi connectivity index (χ4n) is 2.72. The van der Waals surface area contributed by atoms with Crippen LogP contribution in [0.5, 0.6) is 11.5 Å². The number of amides is 1. The Labute approximate surface area is 169 Å². The molecule has 29 heavy (non-hydrogen) atoms. The van der Waals surface area contributed by atoms with Crippen LogP contribution in [0.25, 0.3) is 6.08 Å². The lowest BCUT2D eigenvalue weighted by molar-refractivity contribution is -0.129. The number of cyclic esters (lactones) is 1. The maximum atomic E-state index is 12.2. The number of ether oxygens (including phenoxy) is 3. The number of aliphatic imine (C=N–C) groups is 1. The van der Waals surface area contributed by atoms with Gasteiger partial charge in [-0.25, -0.2) is 9.79 Å². The minimum atomic E-state index is -0.535. The maximum Gasteiger partial charge on any atom is 0.363 e. The largest absolute Gasteiger partial charge is 0.493 e. The van der Waals surface area contributed by atoms with E-state index < -0.39 is 5.97 Å². The summed E-state index contributed by atoms with van der Waals surface area (Å²) in [6.45, 7) is 5.30. The van der Waals surface area contributed by atoms with Gasteiger partial charge >= 0.3 is 5.97 Å². The number of carbonyl (C=O) groups excluding carboxylic acids is 2. The van der Waals surface area contributed by atoms with Crippen molar-refractivity contribution >= 4 is 29.5 Å².